The maximum atomic E-state index is 11.8. The van der Waals surface area contributed by atoms with Crippen LogP contribution in [0.5, 0.6) is 0 Å². The fourth-order valence-corrected chi connectivity index (χ4v) is 3.96. The minimum absolute atomic E-state index is 0. The molecule has 1 amide bonds. The molecule has 1 aliphatic carbocycles. The summed E-state index contributed by atoms with van der Waals surface area (Å²) < 4.78 is 0. The predicted molar refractivity (Wildman–Crippen MR) is 116 cm³/mol. The molecular weight excluding hydrogens is 427 g/mol. The van der Waals surface area contributed by atoms with Gasteiger partial charge in [-0.25, -0.2) is 0 Å². The number of halogens is 1. The highest BCUT2D eigenvalue weighted by atomic mass is 127. The van der Waals surface area contributed by atoms with Crippen molar-refractivity contribution in [3.05, 3.63) is 0 Å². The van der Waals surface area contributed by atoms with Crippen LogP contribution in [0.4, 0.5) is 0 Å². The average Bonchev–Trinajstić information content (AvgIpc) is 3.24. The molecule has 1 saturated heterocycles. The largest absolute Gasteiger partial charge is 0.357 e. The van der Waals surface area contributed by atoms with Crippen LogP contribution in [0.3, 0.4) is 0 Å². The molecule has 2 fully saturated rings. The first kappa shape index (κ1) is 22.5. The minimum Gasteiger partial charge on any atom is -0.357 e. The number of nitrogens with zero attached hydrogens (tertiary/aromatic N) is 2. The standard InChI is InChI=1S/C19H36N4O.HI/c1-5-17(24)23-12-11-16(13-23)22-18(20-6-2)21-14-19(3,4)15-9-7-8-10-15;/h15-16H,5-14H2,1-4H3,(H2,20,21,22);1H. The van der Waals surface area contributed by atoms with Crippen LogP contribution in [0.2, 0.25) is 0 Å². The van der Waals surface area contributed by atoms with Gasteiger partial charge in [-0.2, -0.15) is 0 Å². The number of carbonyl (C=O) groups excluding carboxylic acids is 1. The molecule has 0 radical (unpaired) electrons. The van der Waals surface area contributed by atoms with E-state index in [2.05, 4.69) is 31.4 Å². The Labute approximate surface area is 170 Å². The summed E-state index contributed by atoms with van der Waals surface area (Å²) in [6.45, 7) is 12.1. The Morgan fingerprint density at radius 1 is 1.20 bits per heavy atom. The molecule has 1 unspecified atom stereocenters. The lowest BCUT2D eigenvalue weighted by atomic mass is 9.78. The van der Waals surface area contributed by atoms with Crippen LogP contribution >= 0.6 is 24.0 Å². The second-order valence-corrected chi connectivity index (χ2v) is 7.99. The third kappa shape index (κ3) is 6.61. The third-order valence-corrected chi connectivity index (χ3v) is 5.63. The van der Waals surface area contributed by atoms with Crippen LogP contribution < -0.4 is 10.6 Å². The maximum Gasteiger partial charge on any atom is 0.222 e. The smallest absolute Gasteiger partial charge is 0.222 e. The van der Waals surface area contributed by atoms with Crippen molar-refractivity contribution in [3.8, 4) is 0 Å². The molecule has 5 nitrogen and oxygen atoms in total. The van der Waals surface area contributed by atoms with Crippen molar-refractivity contribution in [2.24, 2.45) is 16.3 Å². The van der Waals surface area contributed by atoms with E-state index in [4.69, 9.17) is 4.99 Å². The first-order valence-corrected chi connectivity index (χ1v) is 9.79. The molecule has 0 aromatic heterocycles. The molecule has 2 rings (SSSR count). The van der Waals surface area contributed by atoms with Gasteiger partial charge in [0, 0.05) is 38.6 Å². The summed E-state index contributed by atoms with van der Waals surface area (Å²) >= 11 is 0. The van der Waals surface area contributed by atoms with Gasteiger partial charge in [-0.3, -0.25) is 9.79 Å². The number of amides is 1. The number of hydrogen-bond acceptors (Lipinski definition) is 2. The van der Waals surface area contributed by atoms with E-state index < -0.39 is 0 Å². The van der Waals surface area contributed by atoms with Gasteiger partial charge in [0.2, 0.25) is 5.91 Å². The van der Waals surface area contributed by atoms with Gasteiger partial charge in [-0.1, -0.05) is 33.6 Å². The molecule has 0 spiro atoms. The Morgan fingerprint density at radius 3 is 2.48 bits per heavy atom. The van der Waals surface area contributed by atoms with E-state index >= 15 is 0 Å². The SMILES string of the molecule is CCNC(=NCC(C)(C)C1CCCC1)NC1CCN(C(=O)CC)C1.I. The highest BCUT2D eigenvalue weighted by Crippen LogP contribution is 2.39. The van der Waals surface area contributed by atoms with E-state index in [0.717, 1.165) is 44.5 Å². The normalized spacial score (nSPS) is 22.0. The fourth-order valence-electron chi connectivity index (χ4n) is 3.96. The molecule has 0 bridgehead atoms. The Kier molecular flexibility index (Phi) is 9.52. The molecule has 0 aromatic carbocycles. The van der Waals surface area contributed by atoms with Gasteiger partial charge in [0.15, 0.2) is 5.96 Å². The van der Waals surface area contributed by atoms with Crippen molar-refractivity contribution in [1.82, 2.24) is 15.5 Å². The maximum absolute atomic E-state index is 11.8. The van der Waals surface area contributed by atoms with Gasteiger partial charge in [0.1, 0.15) is 0 Å². The summed E-state index contributed by atoms with van der Waals surface area (Å²) in [4.78, 5) is 18.7. The van der Waals surface area contributed by atoms with Crippen LogP contribution in [-0.4, -0.2) is 49.0 Å². The number of carbonyl (C=O) groups is 1. The molecule has 1 saturated carbocycles. The Morgan fingerprint density at radius 2 is 1.88 bits per heavy atom. The monoisotopic (exact) mass is 464 g/mol. The highest BCUT2D eigenvalue weighted by molar-refractivity contribution is 14.0. The number of rotatable bonds is 6. The first-order chi connectivity index (χ1) is 11.5. The Bertz CT molecular complexity index is 447. The number of likely N-dealkylation sites (tertiary alicyclic amines) is 1. The number of hydrogen-bond donors (Lipinski definition) is 2. The molecule has 2 N–H and O–H groups in total. The van der Waals surface area contributed by atoms with Crippen molar-refractivity contribution < 1.29 is 4.79 Å². The molecular formula is C19H37IN4O. The lowest BCUT2D eigenvalue weighted by Crippen LogP contribution is -2.45. The summed E-state index contributed by atoms with van der Waals surface area (Å²) in [6, 6.07) is 0.313. The topological polar surface area (TPSA) is 56.7 Å². The second-order valence-electron chi connectivity index (χ2n) is 7.99. The molecule has 6 heteroatoms. The molecule has 1 aliphatic heterocycles. The fraction of sp³-hybridized carbons (Fsp3) is 0.895. The van der Waals surface area contributed by atoms with Crippen LogP contribution in [0.15, 0.2) is 4.99 Å². The quantitative estimate of drug-likeness (QED) is 0.360. The van der Waals surface area contributed by atoms with Crippen molar-refractivity contribution in [2.45, 2.75) is 72.3 Å². The van der Waals surface area contributed by atoms with Crippen LogP contribution in [-0.2, 0) is 4.79 Å². The number of guanidine groups is 1. The van der Waals surface area contributed by atoms with Gasteiger partial charge in [0.25, 0.3) is 0 Å². The van der Waals surface area contributed by atoms with Gasteiger partial charge in [0.05, 0.1) is 0 Å². The number of aliphatic imine (C=N–C) groups is 1. The molecule has 1 atom stereocenters. The summed E-state index contributed by atoms with van der Waals surface area (Å²) in [5, 5.41) is 6.90. The predicted octanol–water partition coefficient (Wildman–Crippen LogP) is 3.39. The van der Waals surface area contributed by atoms with Gasteiger partial charge < -0.3 is 15.5 Å². The summed E-state index contributed by atoms with van der Waals surface area (Å²) in [6.07, 6.45) is 7.05. The van der Waals surface area contributed by atoms with Crippen LogP contribution in [0.25, 0.3) is 0 Å². The highest BCUT2D eigenvalue weighted by Gasteiger charge is 2.32. The second kappa shape index (κ2) is 10.6. The summed E-state index contributed by atoms with van der Waals surface area (Å²) in [7, 11) is 0. The minimum atomic E-state index is 0. The zero-order valence-electron chi connectivity index (χ0n) is 16.4. The van der Waals surface area contributed by atoms with Crippen molar-refractivity contribution in [1.29, 1.82) is 0 Å². The van der Waals surface area contributed by atoms with Crippen molar-refractivity contribution in [3.63, 3.8) is 0 Å². The third-order valence-electron chi connectivity index (χ3n) is 5.63. The van der Waals surface area contributed by atoms with Gasteiger partial charge in [-0.15, -0.1) is 24.0 Å². The zero-order valence-corrected chi connectivity index (χ0v) is 18.8. The summed E-state index contributed by atoms with van der Waals surface area (Å²) in [5.74, 6) is 1.95. The van der Waals surface area contributed by atoms with E-state index in [1.807, 2.05) is 11.8 Å². The van der Waals surface area contributed by atoms with Crippen LogP contribution in [0, 0.1) is 11.3 Å². The number of nitrogens with one attached hydrogen (secondary N) is 2. The molecule has 0 aromatic rings. The Hall–Kier alpha value is -0.530. The van der Waals surface area contributed by atoms with Crippen LogP contribution in [0.1, 0.15) is 66.2 Å². The summed E-state index contributed by atoms with van der Waals surface area (Å²) in [5.41, 5.74) is 0.263. The molecule has 25 heavy (non-hydrogen) atoms. The zero-order chi connectivity index (χ0) is 17.6. The lowest BCUT2D eigenvalue weighted by Gasteiger charge is -2.30. The average molecular weight is 464 g/mol. The molecule has 146 valence electrons. The Balaban J connectivity index is 0.00000312. The van der Waals surface area contributed by atoms with Crippen molar-refractivity contribution in [2.75, 3.05) is 26.2 Å². The van der Waals surface area contributed by atoms with Gasteiger partial charge >= 0.3 is 0 Å². The van der Waals surface area contributed by atoms with E-state index in [0.29, 0.717) is 12.5 Å². The van der Waals surface area contributed by atoms with E-state index in [-0.39, 0.29) is 35.3 Å². The van der Waals surface area contributed by atoms with Crippen molar-refractivity contribution >= 4 is 35.8 Å². The van der Waals surface area contributed by atoms with E-state index in [1.165, 1.54) is 25.7 Å². The molecule has 2 aliphatic rings. The van der Waals surface area contributed by atoms with E-state index in [9.17, 15) is 4.79 Å². The van der Waals surface area contributed by atoms with Gasteiger partial charge in [-0.05, 0) is 37.5 Å². The first-order valence-electron chi connectivity index (χ1n) is 9.79. The lowest BCUT2D eigenvalue weighted by molar-refractivity contribution is -0.129. The van der Waals surface area contributed by atoms with E-state index in [1.54, 1.807) is 0 Å². The molecule has 1 heterocycles.